The van der Waals surface area contributed by atoms with Crippen LogP contribution in [0.15, 0.2) is 74.0 Å². The van der Waals surface area contributed by atoms with Crippen molar-refractivity contribution in [2.24, 2.45) is 5.92 Å². The van der Waals surface area contributed by atoms with Crippen LogP contribution >= 0.6 is 0 Å². The van der Waals surface area contributed by atoms with Gasteiger partial charge >= 0.3 is 0 Å². The van der Waals surface area contributed by atoms with Gasteiger partial charge in [-0.3, -0.25) is 15.1 Å². The van der Waals surface area contributed by atoms with Crippen LogP contribution < -0.4 is 5.32 Å². The first-order valence-corrected chi connectivity index (χ1v) is 13.0. The van der Waals surface area contributed by atoms with E-state index < -0.39 is 0 Å². The summed E-state index contributed by atoms with van der Waals surface area (Å²) >= 11 is 0. The van der Waals surface area contributed by atoms with Crippen molar-refractivity contribution in [2.45, 2.75) is 26.2 Å². The van der Waals surface area contributed by atoms with Crippen molar-refractivity contribution in [1.29, 1.82) is 0 Å². The van der Waals surface area contributed by atoms with E-state index in [-0.39, 0.29) is 0 Å². The number of aromatic amines is 2. The zero-order valence-electron chi connectivity index (χ0n) is 21.4. The molecule has 0 atom stereocenters. The van der Waals surface area contributed by atoms with E-state index in [2.05, 4.69) is 54.2 Å². The second-order valence-electron chi connectivity index (χ2n) is 9.78. The predicted octanol–water partition coefficient (Wildman–Crippen LogP) is 5.27. The number of piperidine rings is 1. The van der Waals surface area contributed by atoms with Crippen molar-refractivity contribution in [3.8, 4) is 22.6 Å². The highest BCUT2D eigenvalue weighted by molar-refractivity contribution is 5.92. The minimum Gasteiger partial charge on any atom is -0.340 e. The van der Waals surface area contributed by atoms with Crippen LogP contribution in [0.25, 0.3) is 39.3 Å². The van der Waals surface area contributed by atoms with E-state index in [4.69, 9.17) is 4.98 Å². The molecule has 0 aliphatic carbocycles. The Morgan fingerprint density at radius 2 is 1.87 bits per heavy atom. The number of rotatable bonds is 7. The van der Waals surface area contributed by atoms with E-state index in [9.17, 15) is 0 Å². The number of aryl methyl sites for hydroxylation is 1. The number of nitrogens with one attached hydrogen (secondary N) is 3. The van der Waals surface area contributed by atoms with Gasteiger partial charge in [-0.2, -0.15) is 5.10 Å². The predicted molar refractivity (Wildman–Crippen MR) is 150 cm³/mol. The SMILES string of the molecule is C=C/C=C(/c1ccncc1)c1nc(-c2[nH]nc3ncc(-c4cncc(CC5CCNCC5)c4)cc23)[nH]c1C. The molecule has 0 amide bonds. The zero-order chi connectivity index (χ0) is 25.9. The standard InChI is InChI=1S/C30H30N8/c1-3-4-25(22-7-11-32-12-8-22)27-19(2)35-30(36-27)28-26-15-24(18-34-29(26)38-37-28)23-14-21(16-33-17-23)13-20-5-9-31-10-6-20/h3-4,7-8,11-12,14-18,20,31H,1,5-6,9-10,13H2,2H3,(H,35,36)(H,34,37,38)/b25-4-. The van der Waals surface area contributed by atoms with Gasteiger partial charge < -0.3 is 10.3 Å². The molecular formula is C30H30N8. The van der Waals surface area contributed by atoms with E-state index in [0.717, 1.165) is 64.2 Å². The van der Waals surface area contributed by atoms with Gasteiger partial charge in [0.05, 0.1) is 11.1 Å². The lowest BCUT2D eigenvalue weighted by Crippen LogP contribution is -2.28. The van der Waals surface area contributed by atoms with Gasteiger partial charge in [-0.05, 0) is 80.6 Å². The van der Waals surface area contributed by atoms with Crippen LogP contribution in [0.5, 0.6) is 0 Å². The molecule has 6 heterocycles. The van der Waals surface area contributed by atoms with Crippen molar-refractivity contribution in [3.05, 3.63) is 96.5 Å². The van der Waals surface area contributed by atoms with Crippen LogP contribution in [0.3, 0.4) is 0 Å². The largest absolute Gasteiger partial charge is 0.340 e. The molecule has 0 bridgehead atoms. The minimum atomic E-state index is 0.647. The fraction of sp³-hybridized carbons (Fsp3) is 0.233. The number of aromatic nitrogens is 7. The lowest BCUT2D eigenvalue weighted by molar-refractivity contribution is 0.372. The average molecular weight is 503 g/mol. The quantitative estimate of drug-likeness (QED) is 0.262. The summed E-state index contributed by atoms with van der Waals surface area (Å²) in [6.07, 6.45) is 16.6. The van der Waals surface area contributed by atoms with Crippen LogP contribution in [0.4, 0.5) is 0 Å². The molecule has 5 aromatic heterocycles. The number of hydrogen-bond acceptors (Lipinski definition) is 6. The highest BCUT2D eigenvalue weighted by atomic mass is 15.2. The van der Waals surface area contributed by atoms with E-state index in [1.165, 1.54) is 18.4 Å². The molecule has 0 saturated carbocycles. The molecule has 0 unspecified atom stereocenters. The van der Waals surface area contributed by atoms with E-state index in [1.807, 2.05) is 43.7 Å². The van der Waals surface area contributed by atoms with Crippen LogP contribution in [0.2, 0.25) is 0 Å². The summed E-state index contributed by atoms with van der Waals surface area (Å²) in [4.78, 5) is 21.7. The number of allylic oxidation sites excluding steroid dienone is 2. The van der Waals surface area contributed by atoms with E-state index in [1.54, 1.807) is 18.5 Å². The Balaban J connectivity index is 1.34. The van der Waals surface area contributed by atoms with Gasteiger partial charge in [0.2, 0.25) is 0 Å². The van der Waals surface area contributed by atoms with E-state index in [0.29, 0.717) is 17.4 Å². The second kappa shape index (κ2) is 10.5. The molecule has 0 aromatic carbocycles. The van der Waals surface area contributed by atoms with Crippen LogP contribution in [-0.4, -0.2) is 48.2 Å². The second-order valence-corrected chi connectivity index (χ2v) is 9.78. The maximum Gasteiger partial charge on any atom is 0.181 e. The molecule has 5 aromatic rings. The Morgan fingerprint density at radius 3 is 2.68 bits per heavy atom. The summed E-state index contributed by atoms with van der Waals surface area (Å²) in [5.74, 6) is 1.42. The molecule has 1 aliphatic rings. The lowest BCUT2D eigenvalue weighted by Gasteiger charge is -2.22. The molecule has 8 heteroatoms. The van der Waals surface area contributed by atoms with Crippen molar-refractivity contribution >= 4 is 16.6 Å². The fourth-order valence-corrected chi connectivity index (χ4v) is 5.22. The molecule has 1 saturated heterocycles. The van der Waals surface area contributed by atoms with Gasteiger partial charge in [0.1, 0.15) is 5.69 Å². The summed E-state index contributed by atoms with van der Waals surface area (Å²) in [7, 11) is 0. The van der Waals surface area contributed by atoms with Crippen molar-refractivity contribution in [3.63, 3.8) is 0 Å². The third kappa shape index (κ3) is 4.78. The number of fused-ring (bicyclic) bond motifs is 1. The summed E-state index contributed by atoms with van der Waals surface area (Å²) in [6, 6.07) is 8.30. The van der Waals surface area contributed by atoms with Crippen LogP contribution in [-0.2, 0) is 6.42 Å². The molecule has 8 nitrogen and oxygen atoms in total. The number of nitrogens with zero attached hydrogens (tertiary/aromatic N) is 5. The highest BCUT2D eigenvalue weighted by Gasteiger charge is 2.19. The minimum absolute atomic E-state index is 0.647. The molecule has 6 rings (SSSR count). The Hall–Kier alpha value is -4.43. The van der Waals surface area contributed by atoms with Crippen molar-refractivity contribution in [1.82, 2.24) is 40.4 Å². The van der Waals surface area contributed by atoms with E-state index >= 15 is 0 Å². The molecule has 38 heavy (non-hydrogen) atoms. The molecule has 0 spiro atoms. The number of imidazole rings is 1. The Morgan fingerprint density at radius 1 is 1.05 bits per heavy atom. The van der Waals surface area contributed by atoms with Gasteiger partial charge in [0.25, 0.3) is 0 Å². The molecule has 0 radical (unpaired) electrons. The number of pyridine rings is 3. The summed E-state index contributed by atoms with van der Waals surface area (Å²) in [5, 5.41) is 11.9. The van der Waals surface area contributed by atoms with Gasteiger partial charge in [-0.25, -0.2) is 9.97 Å². The zero-order valence-corrected chi connectivity index (χ0v) is 21.4. The van der Waals surface area contributed by atoms with Gasteiger partial charge in [0.15, 0.2) is 11.5 Å². The van der Waals surface area contributed by atoms with Gasteiger partial charge in [0, 0.05) is 53.4 Å². The van der Waals surface area contributed by atoms with Crippen LogP contribution in [0.1, 0.15) is 35.4 Å². The molecular weight excluding hydrogens is 472 g/mol. The Bertz CT molecular complexity index is 1610. The first-order chi connectivity index (χ1) is 18.7. The Labute approximate surface area is 221 Å². The number of hydrogen-bond donors (Lipinski definition) is 3. The maximum atomic E-state index is 4.97. The molecule has 1 aliphatic heterocycles. The van der Waals surface area contributed by atoms with Crippen molar-refractivity contribution < 1.29 is 0 Å². The average Bonchev–Trinajstić information content (AvgIpc) is 3.55. The molecule has 190 valence electrons. The molecule has 3 N–H and O–H groups in total. The van der Waals surface area contributed by atoms with Crippen molar-refractivity contribution in [2.75, 3.05) is 13.1 Å². The lowest BCUT2D eigenvalue weighted by atomic mass is 9.91. The monoisotopic (exact) mass is 502 g/mol. The summed E-state index contributed by atoms with van der Waals surface area (Å²) in [5.41, 5.74) is 8.59. The third-order valence-corrected chi connectivity index (χ3v) is 7.17. The Kier molecular flexibility index (Phi) is 6.62. The smallest absolute Gasteiger partial charge is 0.181 e. The summed E-state index contributed by atoms with van der Waals surface area (Å²) in [6.45, 7) is 8.11. The normalized spacial score (nSPS) is 14.7. The number of H-pyrrole nitrogens is 2. The summed E-state index contributed by atoms with van der Waals surface area (Å²) < 4.78 is 0. The third-order valence-electron chi connectivity index (χ3n) is 7.17. The maximum absolute atomic E-state index is 4.97. The highest BCUT2D eigenvalue weighted by Crippen LogP contribution is 2.31. The topological polar surface area (TPSA) is 108 Å². The fourth-order valence-electron chi connectivity index (χ4n) is 5.22. The van der Waals surface area contributed by atoms with Gasteiger partial charge in [-0.1, -0.05) is 18.7 Å². The first-order valence-electron chi connectivity index (χ1n) is 13.0. The first kappa shape index (κ1) is 23.9. The van der Waals surface area contributed by atoms with Gasteiger partial charge in [-0.15, -0.1) is 0 Å². The van der Waals surface area contributed by atoms with Crippen LogP contribution in [0, 0.1) is 12.8 Å². The molecule has 1 fully saturated rings.